The number of ether oxygens (including phenoxy) is 1. The van der Waals surface area contributed by atoms with Crippen LogP contribution in [0.3, 0.4) is 0 Å². The zero-order valence-electron chi connectivity index (χ0n) is 7.83. The van der Waals surface area contributed by atoms with E-state index in [1.54, 1.807) is 6.07 Å². The Hall–Kier alpha value is -0.000000000000000222. The number of rotatable bonds is 3. The predicted molar refractivity (Wildman–Crippen MR) is 65.3 cm³/mol. The molecule has 0 unspecified atom stereocenters. The van der Waals surface area contributed by atoms with E-state index in [0.29, 0.717) is 15.1 Å². The first kappa shape index (κ1) is 15.0. The highest BCUT2D eigenvalue weighted by molar-refractivity contribution is 7.20. The summed E-state index contributed by atoms with van der Waals surface area (Å²) in [7, 11) is 1.30. The molecule has 15 heavy (non-hydrogen) atoms. The third-order valence-electron chi connectivity index (χ3n) is 1.67. The van der Waals surface area contributed by atoms with E-state index in [2.05, 4.69) is 4.74 Å². The Kier molecular flexibility index (Phi) is 6.55. The van der Waals surface area contributed by atoms with E-state index in [9.17, 15) is 4.79 Å². The van der Waals surface area contributed by atoms with Gasteiger partial charge in [-0.05, 0) is 11.6 Å². The van der Waals surface area contributed by atoms with Gasteiger partial charge in [0.15, 0.2) is 0 Å². The molecule has 0 bridgehead atoms. The highest BCUT2D eigenvalue weighted by Gasteiger charge is 2.17. The van der Waals surface area contributed by atoms with Crippen LogP contribution >= 0.6 is 46.9 Å². The first-order chi connectivity index (χ1) is 6.54. The minimum atomic E-state index is -0.692. The molecule has 0 saturated carbocycles. The van der Waals surface area contributed by atoms with Crippen LogP contribution in [0, 0.1) is 0 Å². The maximum absolute atomic E-state index is 11.0. The highest BCUT2D eigenvalue weighted by atomic mass is 35.5. The molecule has 7 heteroatoms. The number of hydrogen-bond acceptors (Lipinski definition) is 4. The molecule has 1 aromatic heterocycles. The minimum absolute atomic E-state index is 0. The van der Waals surface area contributed by atoms with E-state index in [1.807, 2.05) is 0 Å². The number of carbonyl (C=O) groups is 1. The third-order valence-corrected chi connectivity index (χ3v) is 3.24. The molecular weight excluding hydrogens is 281 g/mol. The maximum Gasteiger partial charge on any atom is 0.322 e. The normalized spacial score (nSPS) is 11.7. The van der Waals surface area contributed by atoms with Gasteiger partial charge in [-0.1, -0.05) is 23.2 Å². The summed E-state index contributed by atoms with van der Waals surface area (Å²) in [6.07, 6.45) is 0.342. The summed E-state index contributed by atoms with van der Waals surface area (Å²) < 4.78 is 5.64. The average molecular weight is 291 g/mol. The first-order valence-electron chi connectivity index (χ1n) is 3.81. The van der Waals surface area contributed by atoms with Crippen LogP contribution in [0.15, 0.2) is 6.07 Å². The van der Waals surface area contributed by atoms with E-state index < -0.39 is 12.0 Å². The van der Waals surface area contributed by atoms with Crippen molar-refractivity contribution < 1.29 is 9.53 Å². The second-order valence-electron chi connectivity index (χ2n) is 2.68. The lowest BCUT2D eigenvalue weighted by Crippen LogP contribution is -2.33. The van der Waals surface area contributed by atoms with Crippen LogP contribution in [0.1, 0.15) is 5.56 Å². The van der Waals surface area contributed by atoms with Crippen LogP contribution < -0.4 is 5.73 Å². The van der Waals surface area contributed by atoms with Gasteiger partial charge in [0.1, 0.15) is 6.04 Å². The summed E-state index contributed by atoms with van der Waals surface area (Å²) in [6.45, 7) is 0. The van der Waals surface area contributed by atoms with Crippen molar-refractivity contribution in [3.05, 3.63) is 20.3 Å². The van der Waals surface area contributed by atoms with Crippen LogP contribution in [0.2, 0.25) is 8.67 Å². The highest BCUT2D eigenvalue weighted by Crippen LogP contribution is 2.31. The predicted octanol–water partition coefficient (Wildman–Crippen LogP) is 2.52. The molecule has 0 aliphatic rings. The molecule has 0 spiro atoms. The van der Waals surface area contributed by atoms with Crippen molar-refractivity contribution in [2.75, 3.05) is 7.11 Å². The summed E-state index contributed by atoms with van der Waals surface area (Å²) in [6, 6.07) is 1.01. The summed E-state index contributed by atoms with van der Waals surface area (Å²) in [5, 5.41) is 0. The van der Waals surface area contributed by atoms with Gasteiger partial charge in [0.25, 0.3) is 0 Å². The summed E-state index contributed by atoms with van der Waals surface area (Å²) >= 11 is 12.9. The van der Waals surface area contributed by atoms with Crippen molar-refractivity contribution >= 4 is 52.9 Å². The second-order valence-corrected chi connectivity index (χ2v) is 4.97. The number of halogens is 3. The Balaban J connectivity index is 0.00000196. The fraction of sp³-hybridized carbons (Fsp3) is 0.375. The Labute approximate surface area is 108 Å². The molecule has 3 nitrogen and oxygen atoms in total. The standard InChI is InChI=1S/C8H9Cl2NO2S.ClH/c1-13-8(12)5(11)2-4-3-6(9)14-7(4)10;/h3,5H,2,11H2,1H3;1H/t5-;/m0./s1. The molecule has 1 atom stereocenters. The Bertz CT molecular complexity index is 343. The Morgan fingerprint density at radius 3 is 2.67 bits per heavy atom. The third kappa shape index (κ3) is 4.17. The number of thiophene rings is 1. The quantitative estimate of drug-likeness (QED) is 0.870. The zero-order valence-corrected chi connectivity index (χ0v) is 11.0. The Morgan fingerprint density at radius 2 is 2.27 bits per heavy atom. The van der Waals surface area contributed by atoms with Gasteiger partial charge >= 0.3 is 5.97 Å². The van der Waals surface area contributed by atoms with Crippen molar-refractivity contribution in [1.29, 1.82) is 0 Å². The molecule has 0 aliphatic heterocycles. The van der Waals surface area contributed by atoms with Crippen LogP contribution in [0.4, 0.5) is 0 Å². The average Bonchev–Trinajstić information content (AvgIpc) is 2.44. The van der Waals surface area contributed by atoms with Gasteiger partial charge in [0.2, 0.25) is 0 Å². The first-order valence-corrected chi connectivity index (χ1v) is 5.39. The molecule has 0 aliphatic carbocycles. The van der Waals surface area contributed by atoms with Gasteiger partial charge in [0, 0.05) is 6.42 Å². The van der Waals surface area contributed by atoms with Gasteiger partial charge in [-0.3, -0.25) is 4.79 Å². The summed E-state index contributed by atoms with van der Waals surface area (Å²) in [5.41, 5.74) is 6.34. The van der Waals surface area contributed by atoms with Gasteiger partial charge in [-0.2, -0.15) is 0 Å². The molecule has 1 heterocycles. The monoisotopic (exact) mass is 289 g/mol. The second kappa shape index (κ2) is 6.55. The van der Waals surface area contributed by atoms with Crippen molar-refractivity contribution in [3.63, 3.8) is 0 Å². The number of methoxy groups -OCH3 is 1. The fourth-order valence-corrected chi connectivity index (χ4v) is 2.49. The molecule has 0 radical (unpaired) electrons. The number of nitrogens with two attached hydrogens (primary N) is 1. The van der Waals surface area contributed by atoms with Gasteiger partial charge in [-0.15, -0.1) is 23.7 Å². The van der Waals surface area contributed by atoms with E-state index >= 15 is 0 Å². The van der Waals surface area contributed by atoms with Gasteiger partial charge < -0.3 is 10.5 Å². The topological polar surface area (TPSA) is 52.3 Å². The van der Waals surface area contributed by atoms with Crippen molar-refractivity contribution in [2.45, 2.75) is 12.5 Å². The largest absolute Gasteiger partial charge is 0.468 e. The number of hydrogen-bond donors (Lipinski definition) is 1. The Morgan fingerprint density at radius 1 is 1.67 bits per heavy atom. The molecule has 0 amide bonds. The van der Waals surface area contributed by atoms with Crippen molar-refractivity contribution in [1.82, 2.24) is 0 Å². The lowest BCUT2D eigenvalue weighted by Gasteiger charge is -2.07. The minimum Gasteiger partial charge on any atom is -0.468 e. The fourth-order valence-electron chi connectivity index (χ4n) is 0.985. The van der Waals surface area contributed by atoms with Crippen molar-refractivity contribution in [2.24, 2.45) is 5.73 Å². The van der Waals surface area contributed by atoms with Gasteiger partial charge in [0.05, 0.1) is 15.8 Å². The zero-order chi connectivity index (χ0) is 10.7. The number of esters is 1. The maximum atomic E-state index is 11.0. The molecule has 0 saturated heterocycles. The van der Waals surface area contributed by atoms with E-state index in [4.69, 9.17) is 28.9 Å². The summed E-state index contributed by atoms with van der Waals surface area (Å²) in [5.74, 6) is -0.455. The van der Waals surface area contributed by atoms with E-state index in [0.717, 1.165) is 5.56 Å². The molecular formula is C8H10Cl3NO2S. The lowest BCUT2D eigenvalue weighted by molar-refractivity contribution is -0.142. The molecule has 1 rings (SSSR count). The van der Waals surface area contributed by atoms with Crippen LogP contribution in [-0.4, -0.2) is 19.1 Å². The number of carbonyl (C=O) groups excluding carboxylic acids is 1. The molecule has 0 fully saturated rings. The van der Waals surface area contributed by atoms with Crippen LogP contribution in [0.25, 0.3) is 0 Å². The SMILES string of the molecule is COC(=O)[C@@H](N)Cc1cc(Cl)sc1Cl.Cl. The summed E-state index contributed by atoms with van der Waals surface area (Å²) in [4.78, 5) is 11.0. The van der Waals surface area contributed by atoms with E-state index in [-0.39, 0.29) is 12.4 Å². The molecule has 2 N–H and O–H groups in total. The van der Waals surface area contributed by atoms with Crippen molar-refractivity contribution in [3.8, 4) is 0 Å². The molecule has 1 aromatic rings. The molecule has 0 aromatic carbocycles. The lowest BCUT2D eigenvalue weighted by atomic mass is 10.1. The van der Waals surface area contributed by atoms with Crippen LogP contribution in [0.5, 0.6) is 0 Å². The van der Waals surface area contributed by atoms with E-state index in [1.165, 1.54) is 18.4 Å². The smallest absolute Gasteiger partial charge is 0.322 e. The van der Waals surface area contributed by atoms with Crippen LogP contribution in [-0.2, 0) is 16.0 Å². The molecule has 86 valence electrons. The van der Waals surface area contributed by atoms with Gasteiger partial charge in [-0.25, -0.2) is 0 Å².